The summed E-state index contributed by atoms with van der Waals surface area (Å²) in [5.41, 5.74) is 0.501. The van der Waals surface area contributed by atoms with Gasteiger partial charge in [-0.3, -0.25) is 9.59 Å². The third-order valence-corrected chi connectivity index (χ3v) is 4.03. The fraction of sp³-hybridized carbons (Fsp3) is 0.0667. The molecular weight excluding hydrogens is 310 g/mol. The first-order chi connectivity index (χ1) is 10.0. The Labute approximate surface area is 130 Å². The summed E-state index contributed by atoms with van der Waals surface area (Å²) in [4.78, 5) is 25.9. The Bertz CT molecular complexity index is 749. The van der Waals surface area contributed by atoms with Crippen molar-refractivity contribution in [1.82, 2.24) is 0 Å². The van der Waals surface area contributed by atoms with E-state index in [4.69, 9.17) is 16.0 Å². The van der Waals surface area contributed by atoms with Crippen molar-refractivity contribution in [3.05, 3.63) is 57.8 Å². The first-order valence-electron chi connectivity index (χ1n) is 6.14. The number of furan rings is 1. The van der Waals surface area contributed by atoms with Gasteiger partial charge in [-0.15, -0.1) is 0 Å². The number of amides is 2. The van der Waals surface area contributed by atoms with Gasteiger partial charge in [-0.1, -0.05) is 11.6 Å². The van der Waals surface area contributed by atoms with Crippen LogP contribution in [0.1, 0.15) is 11.5 Å². The topological polar surface area (TPSA) is 50.5 Å². The normalized spacial score (nSPS) is 17.0. The first-order valence-corrected chi connectivity index (χ1v) is 7.34. The average Bonchev–Trinajstić information content (AvgIpc) is 2.96. The SMILES string of the molecule is Cc1ccc(/C=C2\SC(=O)N(c3ccc(Cl)cc3)C2=O)o1. The Kier molecular flexibility index (Phi) is 3.61. The molecule has 0 radical (unpaired) electrons. The Morgan fingerprint density at radius 1 is 1.14 bits per heavy atom. The number of nitrogens with zero attached hydrogens (tertiary/aromatic N) is 1. The van der Waals surface area contributed by atoms with Crippen LogP contribution in [0.4, 0.5) is 10.5 Å². The largest absolute Gasteiger partial charge is 0.462 e. The minimum atomic E-state index is -0.360. The average molecular weight is 320 g/mol. The van der Waals surface area contributed by atoms with E-state index in [0.717, 1.165) is 22.4 Å². The number of aryl methyl sites for hydroxylation is 1. The van der Waals surface area contributed by atoms with Crippen LogP contribution in [-0.4, -0.2) is 11.1 Å². The molecule has 1 aromatic carbocycles. The fourth-order valence-corrected chi connectivity index (χ4v) is 2.89. The molecule has 0 aliphatic carbocycles. The van der Waals surface area contributed by atoms with E-state index in [1.54, 1.807) is 42.5 Å². The van der Waals surface area contributed by atoms with E-state index in [1.807, 2.05) is 6.92 Å². The van der Waals surface area contributed by atoms with Gasteiger partial charge >= 0.3 is 0 Å². The molecule has 3 rings (SSSR count). The van der Waals surface area contributed by atoms with E-state index in [0.29, 0.717) is 21.4 Å². The van der Waals surface area contributed by atoms with Gasteiger partial charge in [0.2, 0.25) is 0 Å². The number of carbonyl (C=O) groups is 2. The quantitative estimate of drug-likeness (QED) is 0.766. The van der Waals surface area contributed by atoms with Crippen LogP contribution >= 0.6 is 23.4 Å². The smallest absolute Gasteiger partial charge is 0.298 e. The summed E-state index contributed by atoms with van der Waals surface area (Å²) >= 11 is 6.70. The van der Waals surface area contributed by atoms with Crippen LogP contribution in [0.2, 0.25) is 5.02 Å². The summed E-state index contributed by atoms with van der Waals surface area (Å²) < 4.78 is 5.40. The van der Waals surface area contributed by atoms with Gasteiger partial charge in [-0.2, -0.15) is 0 Å². The maximum absolute atomic E-state index is 12.4. The molecule has 1 aromatic heterocycles. The summed E-state index contributed by atoms with van der Waals surface area (Å²) in [5.74, 6) is 0.939. The number of halogens is 1. The molecule has 4 nitrogen and oxygen atoms in total. The van der Waals surface area contributed by atoms with Crippen LogP contribution in [0.15, 0.2) is 45.7 Å². The number of benzene rings is 1. The van der Waals surface area contributed by atoms with Gasteiger partial charge in [0.05, 0.1) is 10.6 Å². The highest BCUT2D eigenvalue weighted by molar-refractivity contribution is 8.19. The summed E-state index contributed by atoms with van der Waals surface area (Å²) in [6, 6.07) is 10.1. The number of carbonyl (C=O) groups excluding carboxylic acids is 2. The van der Waals surface area contributed by atoms with Crippen LogP contribution in [-0.2, 0) is 4.79 Å². The molecule has 0 N–H and O–H groups in total. The number of rotatable bonds is 2. The Balaban J connectivity index is 1.92. The lowest BCUT2D eigenvalue weighted by Crippen LogP contribution is -2.27. The fourth-order valence-electron chi connectivity index (χ4n) is 1.94. The maximum Gasteiger partial charge on any atom is 0.298 e. The van der Waals surface area contributed by atoms with Crippen LogP contribution in [0.5, 0.6) is 0 Å². The number of thioether (sulfide) groups is 1. The monoisotopic (exact) mass is 319 g/mol. The maximum atomic E-state index is 12.4. The van der Waals surface area contributed by atoms with Crippen LogP contribution in [0.25, 0.3) is 6.08 Å². The highest BCUT2D eigenvalue weighted by atomic mass is 35.5. The molecule has 0 saturated carbocycles. The molecule has 6 heteroatoms. The zero-order valence-electron chi connectivity index (χ0n) is 11.0. The van der Waals surface area contributed by atoms with Crippen molar-refractivity contribution < 1.29 is 14.0 Å². The molecule has 0 atom stereocenters. The molecule has 1 fully saturated rings. The van der Waals surface area contributed by atoms with Crippen molar-refractivity contribution in [2.45, 2.75) is 6.92 Å². The summed E-state index contributed by atoms with van der Waals surface area (Å²) in [5, 5.41) is 0.212. The van der Waals surface area contributed by atoms with Gasteiger partial charge in [0.15, 0.2) is 0 Å². The Morgan fingerprint density at radius 3 is 2.48 bits per heavy atom. The van der Waals surface area contributed by atoms with E-state index in [2.05, 4.69) is 0 Å². The van der Waals surface area contributed by atoms with Gasteiger partial charge in [-0.25, -0.2) is 4.90 Å². The summed E-state index contributed by atoms with van der Waals surface area (Å²) in [6.07, 6.45) is 1.58. The number of hydrogen-bond acceptors (Lipinski definition) is 4. The lowest BCUT2D eigenvalue weighted by molar-refractivity contribution is -0.113. The lowest BCUT2D eigenvalue weighted by atomic mass is 10.3. The Hall–Kier alpha value is -1.98. The van der Waals surface area contributed by atoms with E-state index >= 15 is 0 Å². The van der Waals surface area contributed by atoms with Crippen molar-refractivity contribution in [1.29, 1.82) is 0 Å². The van der Waals surface area contributed by atoms with Crippen LogP contribution < -0.4 is 4.90 Å². The van der Waals surface area contributed by atoms with Gasteiger partial charge in [0, 0.05) is 11.1 Å². The van der Waals surface area contributed by atoms with Crippen molar-refractivity contribution in [2.75, 3.05) is 4.90 Å². The van der Waals surface area contributed by atoms with Crippen molar-refractivity contribution in [3.63, 3.8) is 0 Å². The van der Waals surface area contributed by atoms with Crippen molar-refractivity contribution in [2.24, 2.45) is 0 Å². The first kappa shape index (κ1) is 14.0. The minimum Gasteiger partial charge on any atom is -0.462 e. The van der Waals surface area contributed by atoms with Gasteiger partial charge < -0.3 is 4.42 Å². The molecule has 1 aliphatic heterocycles. The zero-order valence-corrected chi connectivity index (χ0v) is 12.6. The molecule has 1 aliphatic rings. The second kappa shape index (κ2) is 5.42. The standard InChI is InChI=1S/C15H10ClNO3S/c1-9-2-7-12(20-9)8-13-14(18)17(15(19)21-13)11-5-3-10(16)4-6-11/h2-8H,1H3/b13-8-. The third kappa shape index (κ3) is 2.75. The van der Waals surface area contributed by atoms with Crippen LogP contribution in [0, 0.1) is 6.92 Å². The highest BCUT2D eigenvalue weighted by Crippen LogP contribution is 2.36. The number of hydrogen-bond donors (Lipinski definition) is 0. The van der Waals surface area contributed by atoms with Crippen molar-refractivity contribution in [3.8, 4) is 0 Å². The number of imide groups is 1. The van der Waals surface area contributed by atoms with Crippen molar-refractivity contribution >= 4 is 46.3 Å². The van der Waals surface area contributed by atoms with Gasteiger partial charge in [0.1, 0.15) is 11.5 Å². The number of anilines is 1. The molecule has 21 heavy (non-hydrogen) atoms. The molecule has 106 valence electrons. The highest BCUT2D eigenvalue weighted by Gasteiger charge is 2.36. The predicted molar refractivity (Wildman–Crippen MR) is 83.3 cm³/mol. The zero-order chi connectivity index (χ0) is 15.0. The molecule has 0 bridgehead atoms. The molecule has 2 amide bonds. The second-order valence-electron chi connectivity index (χ2n) is 4.44. The predicted octanol–water partition coefficient (Wildman–Crippen LogP) is 4.48. The Morgan fingerprint density at radius 2 is 1.86 bits per heavy atom. The summed E-state index contributed by atoms with van der Waals surface area (Å²) in [6.45, 7) is 1.82. The summed E-state index contributed by atoms with van der Waals surface area (Å²) in [7, 11) is 0. The molecule has 0 spiro atoms. The molecule has 0 unspecified atom stereocenters. The molecule has 2 aromatic rings. The lowest BCUT2D eigenvalue weighted by Gasteiger charge is -2.11. The van der Waals surface area contributed by atoms with E-state index in [9.17, 15) is 9.59 Å². The minimum absolute atomic E-state index is 0.336. The van der Waals surface area contributed by atoms with E-state index in [-0.39, 0.29) is 11.1 Å². The van der Waals surface area contributed by atoms with Gasteiger partial charge in [0.25, 0.3) is 11.1 Å². The third-order valence-electron chi connectivity index (χ3n) is 2.91. The second-order valence-corrected chi connectivity index (χ2v) is 5.87. The van der Waals surface area contributed by atoms with E-state index < -0.39 is 0 Å². The van der Waals surface area contributed by atoms with E-state index in [1.165, 1.54) is 0 Å². The molecular formula is C15H10ClNO3S. The van der Waals surface area contributed by atoms with Gasteiger partial charge in [-0.05, 0) is 55.1 Å². The molecule has 2 heterocycles. The molecule has 1 saturated heterocycles. The van der Waals surface area contributed by atoms with Crippen LogP contribution in [0.3, 0.4) is 0 Å².